The van der Waals surface area contributed by atoms with E-state index in [0.29, 0.717) is 23.6 Å². The highest BCUT2D eigenvalue weighted by Gasteiger charge is 2.24. The number of alkyl halides is 1. The van der Waals surface area contributed by atoms with Crippen LogP contribution in [0.3, 0.4) is 0 Å². The molecule has 0 aliphatic rings. The van der Waals surface area contributed by atoms with E-state index >= 15 is 0 Å². The molecule has 2 amide bonds. The molecule has 3 aromatic rings. The van der Waals surface area contributed by atoms with Gasteiger partial charge < -0.3 is 9.84 Å². The van der Waals surface area contributed by atoms with Gasteiger partial charge in [-0.15, -0.1) is 5.10 Å². The van der Waals surface area contributed by atoms with Gasteiger partial charge in [0.1, 0.15) is 18.0 Å². The average Bonchev–Trinajstić information content (AvgIpc) is 3.31. The maximum atomic E-state index is 13.0. The first-order chi connectivity index (χ1) is 18.1. The van der Waals surface area contributed by atoms with Crippen molar-refractivity contribution >= 4 is 35.7 Å². The van der Waals surface area contributed by atoms with Gasteiger partial charge >= 0.3 is 12.2 Å². The van der Waals surface area contributed by atoms with E-state index in [1.165, 1.54) is 14.5 Å². The van der Waals surface area contributed by atoms with Crippen molar-refractivity contribution in [2.45, 2.75) is 52.8 Å². The van der Waals surface area contributed by atoms with Gasteiger partial charge in [0.25, 0.3) is 0 Å². The number of benzene rings is 2. The van der Waals surface area contributed by atoms with Gasteiger partial charge in [-0.05, 0) is 62.6 Å². The van der Waals surface area contributed by atoms with E-state index in [1.54, 1.807) is 39.1 Å². The number of halogens is 1. The van der Waals surface area contributed by atoms with Crippen LogP contribution >= 0.6 is 0 Å². The summed E-state index contributed by atoms with van der Waals surface area (Å²) >= 11 is 0. The number of aryl methyl sites for hydroxylation is 1. The third-order valence-corrected chi connectivity index (χ3v) is 5.39. The number of ether oxygens (including phenoxy) is 1. The van der Waals surface area contributed by atoms with Gasteiger partial charge in [-0.1, -0.05) is 48.6 Å². The molecule has 1 heterocycles. The Kier molecular flexibility index (Phi) is 9.59. The Morgan fingerprint density at radius 1 is 1.00 bits per heavy atom. The van der Waals surface area contributed by atoms with Crippen LogP contribution in [0.1, 0.15) is 50.9 Å². The number of amides is 2. The molecule has 0 fully saturated rings. The zero-order valence-electron chi connectivity index (χ0n) is 22.2. The quantitative estimate of drug-likeness (QED) is 0.315. The second kappa shape index (κ2) is 12.8. The standard InChI is InChI=1S/C28H34FN5O4/c1-5-17-33(26(35)36)24-12-8-21(9-13-24)6-7-22-10-14-25(15-11-22)34(27(37)38-28(2,3)4)20-23-19-32(18-16-29)31-30-23/h6-15,19H,5,16-18,20H2,1-4H3,(H,35,36). The molecule has 0 saturated carbocycles. The van der Waals surface area contributed by atoms with E-state index in [-0.39, 0.29) is 13.1 Å². The summed E-state index contributed by atoms with van der Waals surface area (Å²) in [5.74, 6) is 0. The Hall–Kier alpha value is -4.21. The molecule has 3 rings (SSSR count). The molecule has 0 bridgehead atoms. The Labute approximate surface area is 222 Å². The second-order valence-corrected chi connectivity index (χ2v) is 9.68. The lowest BCUT2D eigenvalue weighted by molar-refractivity contribution is 0.0577. The van der Waals surface area contributed by atoms with Crippen molar-refractivity contribution in [2.24, 2.45) is 0 Å². The highest BCUT2D eigenvalue weighted by molar-refractivity contribution is 5.88. The van der Waals surface area contributed by atoms with E-state index in [4.69, 9.17) is 4.74 Å². The maximum absolute atomic E-state index is 13.0. The monoisotopic (exact) mass is 523 g/mol. The highest BCUT2D eigenvalue weighted by Crippen LogP contribution is 2.23. The van der Waals surface area contributed by atoms with Crippen LogP contribution in [0.4, 0.5) is 25.4 Å². The van der Waals surface area contributed by atoms with E-state index < -0.39 is 24.5 Å². The number of carbonyl (C=O) groups is 2. The van der Waals surface area contributed by atoms with Crippen LogP contribution in [0.5, 0.6) is 0 Å². The van der Waals surface area contributed by atoms with Crippen LogP contribution in [0.2, 0.25) is 0 Å². The summed E-state index contributed by atoms with van der Waals surface area (Å²) in [6.07, 6.45) is 4.70. The summed E-state index contributed by atoms with van der Waals surface area (Å²) in [4.78, 5) is 27.2. The van der Waals surface area contributed by atoms with Crippen molar-refractivity contribution in [3.63, 3.8) is 0 Å². The third kappa shape index (κ3) is 8.16. The van der Waals surface area contributed by atoms with Crippen molar-refractivity contribution in [3.8, 4) is 0 Å². The first-order valence-corrected chi connectivity index (χ1v) is 12.4. The van der Waals surface area contributed by atoms with E-state index in [2.05, 4.69) is 10.3 Å². The van der Waals surface area contributed by atoms with Gasteiger partial charge in [-0.25, -0.2) is 18.7 Å². The minimum atomic E-state index is -0.972. The molecule has 0 aliphatic carbocycles. The molecule has 38 heavy (non-hydrogen) atoms. The van der Waals surface area contributed by atoms with Crippen molar-refractivity contribution < 1.29 is 23.8 Å². The van der Waals surface area contributed by atoms with Crippen LogP contribution in [-0.4, -0.2) is 51.1 Å². The molecule has 0 aliphatic heterocycles. The summed E-state index contributed by atoms with van der Waals surface area (Å²) in [7, 11) is 0. The number of anilines is 2. The van der Waals surface area contributed by atoms with Crippen molar-refractivity contribution in [1.82, 2.24) is 15.0 Å². The molecule has 0 atom stereocenters. The molecule has 0 unspecified atom stereocenters. The Morgan fingerprint density at radius 2 is 1.55 bits per heavy atom. The van der Waals surface area contributed by atoms with Gasteiger partial charge in [0.2, 0.25) is 0 Å². The molecule has 202 valence electrons. The van der Waals surface area contributed by atoms with Crippen LogP contribution in [0.25, 0.3) is 12.2 Å². The predicted octanol–water partition coefficient (Wildman–Crippen LogP) is 6.25. The fourth-order valence-corrected chi connectivity index (χ4v) is 3.63. The minimum Gasteiger partial charge on any atom is -0.465 e. The lowest BCUT2D eigenvalue weighted by atomic mass is 10.1. The third-order valence-electron chi connectivity index (χ3n) is 5.39. The van der Waals surface area contributed by atoms with Gasteiger partial charge in [-0.3, -0.25) is 9.80 Å². The molecule has 9 nitrogen and oxygen atoms in total. The lowest BCUT2D eigenvalue weighted by Gasteiger charge is -2.27. The maximum Gasteiger partial charge on any atom is 0.415 e. The average molecular weight is 524 g/mol. The molecule has 2 aromatic carbocycles. The number of hydrogen-bond acceptors (Lipinski definition) is 5. The van der Waals surface area contributed by atoms with E-state index in [9.17, 15) is 19.1 Å². The smallest absolute Gasteiger partial charge is 0.415 e. The van der Waals surface area contributed by atoms with Crippen molar-refractivity contribution in [2.75, 3.05) is 23.0 Å². The molecular weight excluding hydrogens is 489 g/mol. The summed E-state index contributed by atoms with van der Waals surface area (Å²) in [5, 5.41) is 17.3. The van der Waals surface area contributed by atoms with Gasteiger partial charge in [0, 0.05) is 17.9 Å². The molecular formula is C28H34FN5O4. The molecule has 1 N–H and O–H groups in total. The number of carbonyl (C=O) groups excluding carboxylic acids is 1. The van der Waals surface area contributed by atoms with Gasteiger partial charge in [-0.2, -0.15) is 0 Å². The number of nitrogens with zero attached hydrogens (tertiary/aromatic N) is 5. The van der Waals surface area contributed by atoms with Crippen LogP contribution in [0.15, 0.2) is 54.7 Å². The summed E-state index contributed by atoms with van der Waals surface area (Å²) in [6, 6.07) is 14.7. The Bertz CT molecular complexity index is 1230. The van der Waals surface area contributed by atoms with Gasteiger partial charge in [0.05, 0.1) is 19.3 Å². The Balaban J connectivity index is 1.75. The fraction of sp³-hybridized carbons (Fsp3) is 0.357. The first kappa shape index (κ1) is 28.4. The number of carboxylic acid groups (broad SMARTS) is 1. The van der Waals surface area contributed by atoms with Crippen molar-refractivity contribution in [1.29, 1.82) is 0 Å². The summed E-state index contributed by atoms with van der Waals surface area (Å²) in [5.41, 5.74) is 2.91. The summed E-state index contributed by atoms with van der Waals surface area (Å²) in [6.45, 7) is 7.42. The van der Waals surface area contributed by atoms with Crippen LogP contribution in [0, 0.1) is 0 Å². The highest BCUT2D eigenvalue weighted by atomic mass is 19.1. The predicted molar refractivity (Wildman–Crippen MR) is 146 cm³/mol. The van der Waals surface area contributed by atoms with Crippen LogP contribution < -0.4 is 9.80 Å². The second-order valence-electron chi connectivity index (χ2n) is 9.68. The molecule has 0 spiro atoms. The Morgan fingerprint density at radius 3 is 2.03 bits per heavy atom. The first-order valence-electron chi connectivity index (χ1n) is 12.4. The fourth-order valence-electron chi connectivity index (χ4n) is 3.63. The lowest BCUT2D eigenvalue weighted by Crippen LogP contribution is -2.36. The summed E-state index contributed by atoms with van der Waals surface area (Å²) < 4.78 is 19.6. The molecule has 0 radical (unpaired) electrons. The molecule has 10 heteroatoms. The number of rotatable bonds is 10. The normalized spacial score (nSPS) is 11.5. The largest absolute Gasteiger partial charge is 0.465 e. The zero-order chi connectivity index (χ0) is 27.7. The van der Waals surface area contributed by atoms with Crippen molar-refractivity contribution in [3.05, 3.63) is 71.5 Å². The van der Waals surface area contributed by atoms with Crippen LogP contribution in [-0.2, 0) is 17.8 Å². The SMILES string of the molecule is CCCN(C(=O)O)c1ccc(C=Cc2ccc(N(Cc3cn(CCF)nn3)C(=O)OC(C)(C)C)cc2)cc1. The molecule has 1 aromatic heterocycles. The number of aromatic nitrogens is 3. The molecule has 0 saturated heterocycles. The zero-order valence-corrected chi connectivity index (χ0v) is 22.2. The minimum absolute atomic E-state index is 0.0970. The topological polar surface area (TPSA) is 101 Å². The number of hydrogen-bond donors (Lipinski definition) is 1. The van der Waals surface area contributed by atoms with E-state index in [0.717, 1.165) is 17.5 Å². The van der Waals surface area contributed by atoms with E-state index in [1.807, 2.05) is 55.5 Å². The van der Waals surface area contributed by atoms with Gasteiger partial charge in [0.15, 0.2) is 0 Å².